The van der Waals surface area contributed by atoms with Gasteiger partial charge in [-0.3, -0.25) is 0 Å². The Kier molecular flexibility index (Phi) is 10.7. The molecule has 0 atom stereocenters. The second-order valence-electron chi connectivity index (χ2n) is 0.959. The number of rotatable bonds is 0. The van der Waals surface area contributed by atoms with Crippen LogP contribution in [0, 0.1) is 6.20 Å². The molecule has 0 saturated heterocycles. The molecule has 1 aromatic rings. The van der Waals surface area contributed by atoms with Crippen molar-refractivity contribution < 1.29 is 20.4 Å². The predicted octanol–water partition coefficient (Wildman–Crippen LogP) is 1.50. The largest absolute Gasteiger partial charge is 0.394 e. The predicted molar refractivity (Wildman–Crippen MR) is 38.5 cm³/mol. The molecule has 1 aromatic heterocycles. The fraction of sp³-hybridized carbons (Fsp3) is 0. The van der Waals surface area contributed by atoms with Crippen LogP contribution in [-0.4, -0.2) is 4.98 Å². The maximum Gasteiger partial charge on any atom is 0 e. The molecular formula is C5H5INPd-. The molecule has 8 heavy (non-hydrogen) atoms. The summed E-state index contributed by atoms with van der Waals surface area (Å²) in [6.45, 7) is 0. The van der Waals surface area contributed by atoms with Gasteiger partial charge >= 0.3 is 0 Å². The first-order valence-corrected chi connectivity index (χ1v) is 1.77. The topological polar surface area (TPSA) is 12.9 Å². The van der Waals surface area contributed by atoms with Gasteiger partial charge < -0.3 is 4.98 Å². The van der Waals surface area contributed by atoms with Gasteiger partial charge in [0.1, 0.15) is 0 Å². The van der Waals surface area contributed by atoms with E-state index in [-0.39, 0.29) is 44.4 Å². The first-order valence-electron chi connectivity index (χ1n) is 1.77. The van der Waals surface area contributed by atoms with Crippen LogP contribution in [0.15, 0.2) is 24.4 Å². The molecule has 0 aliphatic heterocycles. The first-order chi connectivity index (χ1) is 3.00. The van der Waals surface area contributed by atoms with E-state index in [1.165, 1.54) is 0 Å². The zero-order valence-electron chi connectivity index (χ0n) is 3.98. The summed E-state index contributed by atoms with van der Waals surface area (Å²) >= 11 is 0. The molecule has 0 aliphatic rings. The molecule has 1 heterocycles. The van der Waals surface area contributed by atoms with Crippen LogP contribution >= 0.6 is 24.0 Å². The Balaban J connectivity index is 0. The van der Waals surface area contributed by atoms with Crippen LogP contribution in [0.5, 0.6) is 0 Å². The van der Waals surface area contributed by atoms with Gasteiger partial charge in [0.15, 0.2) is 0 Å². The molecule has 0 radical (unpaired) electrons. The Labute approximate surface area is 79.6 Å². The molecule has 0 spiro atoms. The minimum absolute atomic E-state index is 0. The third-order valence-corrected chi connectivity index (χ3v) is 0.517. The maximum atomic E-state index is 3.66. The standard InChI is InChI=1S/C5H4N.HI.Pd/c1-2-4-6-5-3-1;;/h1-4H;1H;/q-1;;. The van der Waals surface area contributed by atoms with Crippen LogP contribution in [-0.2, 0) is 20.4 Å². The van der Waals surface area contributed by atoms with Crippen molar-refractivity contribution in [3.63, 3.8) is 0 Å². The number of aromatic nitrogens is 1. The molecule has 0 bridgehead atoms. The summed E-state index contributed by atoms with van der Waals surface area (Å²) in [5.74, 6) is 0. The zero-order valence-corrected chi connectivity index (χ0v) is 7.87. The van der Waals surface area contributed by atoms with Crippen LogP contribution in [0.3, 0.4) is 0 Å². The third-order valence-electron chi connectivity index (χ3n) is 0.517. The number of hydrogen-bond donors (Lipinski definition) is 0. The second kappa shape index (κ2) is 7.54. The summed E-state index contributed by atoms with van der Waals surface area (Å²) in [6, 6.07) is 5.50. The maximum absolute atomic E-state index is 3.66. The first kappa shape index (κ1) is 11.4. The SMILES string of the molecule is I.[Pd].[c-]1ccccn1. The van der Waals surface area contributed by atoms with Gasteiger partial charge in [-0.1, -0.05) is 12.4 Å². The van der Waals surface area contributed by atoms with E-state index in [1.807, 2.05) is 12.1 Å². The van der Waals surface area contributed by atoms with Crippen molar-refractivity contribution >= 4 is 24.0 Å². The van der Waals surface area contributed by atoms with E-state index in [2.05, 4.69) is 11.2 Å². The summed E-state index contributed by atoms with van der Waals surface area (Å²) in [7, 11) is 0. The van der Waals surface area contributed by atoms with Crippen molar-refractivity contribution in [2.24, 2.45) is 0 Å². The molecule has 48 valence electrons. The van der Waals surface area contributed by atoms with E-state index >= 15 is 0 Å². The van der Waals surface area contributed by atoms with Crippen molar-refractivity contribution in [1.82, 2.24) is 4.98 Å². The van der Waals surface area contributed by atoms with Crippen molar-refractivity contribution in [3.8, 4) is 0 Å². The fourth-order valence-corrected chi connectivity index (χ4v) is 0.277. The summed E-state index contributed by atoms with van der Waals surface area (Å²) in [5.41, 5.74) is 0. The van der Waals surface area contributed by atoms with E-state index in [0.29, 0.717) is 0 Å². The van der Waals surface area contributed by atoms with E-state index < -0.39 is 0 Å². The Morgan fingerprint density at radius 1 is 1.25 bits per heavy atom. The summed E-state index contributed by atoms with van der Waals surface area (Å²) in [5, 5.41) is 0. The minimum Gasteiger partial charge on any atom is -0.394 e. The van der Waals surface area contributed by atoms with Gasteiger partial charge in [-0.25, -0.2) is 0 Å². The smallest absolute Gasteiger partial charge is 0 e. The average molecular weight is 312 g/mol. The number of hydrogen-bond acceptors (Lipinski definition) is 1. The number of nitrogens with zero attached hydrogens (tertiary/aromatic N) is 1. The third kappa shape index (κ3) is 4.70. The summed E-state index contributed by atoms with van der Waals surface area (Å²) in [6.07, 6.45) is 4.34. The van der Waals surface area contributed by atoms with Crippen LogP contribution in [0.4, 0.5) is 0 Å². The average Bonchev–Trinajstić information content (AvgIpc) is 1.72. The molecule has 0 amide bonds. The molecule has 1 rings (SSSR count). The Morgan fingerprint density at radius 3 is 2.12 bits per heavy atom. The monoisotopic (exact) mass is 312 g/mol. The second-order valence-corrected chi connectivity index (χ2v) is 0.959. The molecule has 0 fully saturated rings. The molecule has 1 nitrogen and oxygen atoms in total. The van der Waals surface area contributed by atoms with E-state index in [4.69, 9.17) is 0 Å². The van der Waals surface area contributed by atoms with Crippen molar-refractivity contribution in [2.75, 3.05) is 0 Å². The van der Waals surface area contributed by atoms with Crippen LogP contribution in [0.25, 0.3) is 0 Å². The van der Waals surface area contributed by atoms with Gasteiger partial charge in [0.05, 0.1) is 0 Å². The number of pyridine rings is 1. The van der Waals surface area contributed by atoms with Crippen LogP contribution in [0.1, 0.15) is 0 Å². The van der Waals surface area contributed by atoms with Gasteiger partial charge in [-0.2, -0.15) is 18.2 Å². The molecular weight excluding hydrogens is 307 g/mol. The van der Waals surface area contributed by atoms with Crippen molar-refractivity contribution in [3.05, 3.63) is 30.6 Å². The van der Waals surface area contributed by atoms with Gasteiger partial charge in [0, 0.05) is 20.4 Å². The van der Waals surface area contributed by atoms with Gasteiger partial charge in [-0.05, 0) is 0 Å². The molecule has 0 aromatic carbocycles. The zero-order chi connectivity index (χ0) is 4.24. The molecule has 0 unspecified atom stereocenters. The van der Waals surface area contributed by atoms with Gasteiger partial charge in [0.25, 0.3) is 0 Å². The fourth-order valence-electron chi connectivity index (χ4n) is 0.277. The van der Waals surface area contributed by atoms with Crippen molar-refractivity contribution in [1.29, 1.82) is 0 Å². The molecule has 0 N–H and O–H groups in total. The van der Waals surface area contributed by atoms with Crippen molar-refractivity contribution in [2.45, 2.75) is 0 Å². The molecule has 3 heteroatoms. The number of halogens is 1. The normalized spacial score (nSPS) is 6.00. The Morgan fingerprint density at radius 2 is 2.00 bits per heavy atom. The van der Waals surface area contributed by atoms with Gasteiger partial charge in [-0.15, -0.1) is 24.0 Å². The minimum atomic E-state index is 0. The summed E-state index contributed by atoms with van der Waals surface area (Å²) in [4.78, 5) is 3.66. The van der Waals surface area contributed by atoms with Crippen LogP contribution < -0.4 is 0 Å². The van der Waals surface area contributed by atoms with Gasteiger partial charge in [0.2, 0.25) is 0 Å². The quantitative estimate of drug-likeness (QED) is 0.402. The van der Waals surface area contributed by atoms with Crippen LogP contribution in [0.2, 0.25) is 0 Å². The Hall–Kier alpha value is 0.542. The summed E-state index contributed by atoms with van der Waals surface area (Å²) < 4.78 is 0. The Bertz CT molecular complexity index is 84.4. The van der Waals surface area contributed by atoms with E-state index in [1.54, 1.807) is 12.3 Å². The molecule has 0 saturated carbocycles. The van der Waals surface area contributed by atoms with E-state index in [0.717, 1.165) is 0 Å². The molecule has 0 aliphatic carbocycles. The van der Waals surface area contributed by atoms with E-state index in [9.17, 15) is 0 Å².